The fourth-order valence-electron chi connectivity index (χ4n) is 2.42. The van der Waals surface area contributed by atoms with E-state index < -0.39 is 5.91 Å². The highest BCUT2D eigenvalue weighted by molar-refractivity contribution is 6.32. The van der Waals surface area contributed by atoms with Crippen LogP contribution in [-0.4, -0.2) is 35.8 Å². The van der Waals surface area contributed by atoms with Crippen LogP contribution < -0.4 is 10.3 Å². The molecule has 2 aromatic heterocycles. The summed E-state index contributed by atoms with van der Waals surface area (Å²) in [5.74, 6) is -0.409. The summed E-state index contributed by atoms with van der Waals surface area (Å²) in [6, 6.07) is 15.2. The summed E-state index contributed by atoms with van der Waals surface area (Å²) >= 11 is 5.91. The predicted octanol–water partition coefficient (Wildman–Crippen LogP) is 3.36. The van der Waals surface area contributed by atoms with Crippen molar-refractivity contribution in [3.8, 4) is 5.69 Å². The van der Waals surface area contributed by atoms with Crippen LogP contribution in [0.2, 0.25) is 5.15 Å². The average Bonchev–Trinajstić information content (AvgIpc) is 3.10. The second-order valence-corrected chi connectivity index (χ2v) is 6.11. The maximum atomic E-state index is 12.1. The maximum absolute atomic E-state index is 12.1. The fraction of sp³-hybridized carbons (Fsp3) is 0.105. The molecule has 0 saturated carbocycles. The molecule has 2 heterocycles. The molecule has 0 atom stereocenters. The first kappa shape index (κ1) is 17.7. The van der Waals surface area contributed by atoms with E-state index in [9.17, 15) is 4.79 Å². The maximum Gasteiger partial charge on any atom is 0.274 e. The van der Waals surface area contributed by atoms with Gasteiger partial charge < -0.3 is 9.47 Å². The van der Waals surface area contributed by atoms with E-state index in [-0.39, 0.29) is 10.7 Å². The molecular weight excluding hydrogens is 350 g/mol. The summed E-state index contributed by atoms with van der Waals surface area (Å²) in [6.45, 7) is 0. The van der Waals surface area contributed by atoms with Crippen LogP contribution in [0.5, 0.6) is 0 Å². The van der Waals surface area contributed by atoms with Gasteiger partial charge in [0.1, 0.15) is 5.15 Å². The number of amides is 1. The molecular formula is C19H18ClN5O. The Bertz CT molecular complexity index is 931. The summed E-state index contributed by atoms with van der Waals surface area (Å²) in [6.07, 6.45) is 5.05. The number of nitrogens with one attached hydrogen (secondary N) is 1. The number of hydrazone groups is 1. The highest BCUT2D eigenvalue weighted by atomic mass is 35.5. The minimum Gasteiger partial charge on any atom is -0.378 e. The number of benzene rings is 1. The Hall–Kier alpha value is -3.12. The van der Waals surface area contributed by atoms with Gasteiger partial charge in [0, 0.05) is 37.9 Å². The molecule has 0 aliphatic rings. The van der Waals surface area contributed by atoms with Gasteiger partial charge in [0.25, 0.3) is 5.91 Å². The Labute approximate surface area is 156 Å². The van der Waals surface area contributed by atoms with Crippen molar-refractivity contribution in [3.63, 3.8) is 0 Å². The third-order valence-electron chi connectivity index (χ3n) is 3.79. The number of carbonyl (C=O) groups excluding carboxylic acids is 1. The van der Waals surface area contributed by atoms with E-state index in [2.05, 4.69) is 15.5 Å². The van der Waals surface area contributed by atoms with Gasteiger partial charge in [-0.15, -0.1) is 0 Å². The van der Waals surface area contributed by atoms with Crippen molar-refractivity contribution in [1.29, 1.82) is 0 Å². The lowest BCUT2D eigenvalue weighted by Gasteiger charge is -2.13. The summed E-state index contributed by atoms with van der Waals surface area (Å²) in [4.78, 5) is 18.0. The van der Waals surface area contributed by atoms with E-state index in [0.717, 1.165) is 17.1 Å². The van der Waals surface area contributed by atoms with Gasteiger partial charge in [-0.25, -0.2) is 10.4 Å². The molecule has 1 N–H and O–H groups in total. The molecule has 0 fully saturated rings. The fourth-order valence-corrected chi connectivity index (χ4v) is 2.62. The third kappa shape index (κ3) is 3.92. The first-order valence-corrected chi connectivity index (χ1v) is 8.33. The summed E-state index contributed by atoms with van der Waals surface area (Å²) < 4.78 is 1.98. The molecule has 1 aromatic carbocycles. The Morgan fingerprint density at radius 2 is 1.96 bits per heavy atom. The number of halogens is 1. The number of pyridine rings is 1. The second-order valence-electron chi connectivity index (χ2n) is 5.75. The van der Waals surface area contributed by atoms with Crippen LogP contribution in [0.3, 0.4) is 0 Å². The molecule has 0 unspecified atom stereocenters. The van der Waals surface area contributed by atoms with Gasteiger partial charge in [0.05, 0.1) is 17.5 Å². The van der Waals surface area contributed by atoms with Gasteiger partial charge in [-0.05, 0) is 48.5 Å². The van der Waals surface area contributed by atoms with Crippen LogP contribution >= 0.6 is 11.6 Å². The normalized spacial score (nSPS) is 10.9. The molecule has 0 radical (unpaired) electrons. The van der Waals surface area contributed by atoms with E-state index in [1.807, 2.05) is 66.2 Å². The lowest BCUT2D eigenvalue weighted by atomic mass is 10.2. The predicted molar refractivity (Wildman–Crippen MR) is 104 cm³/mol. The average molecular weight is 368 g/mol. The molecule has 132 valence electrons. The molecule has 0 spiro atoms. The molecule has 3 rings (SSSR count). The van der Waals surface area contributed by atoms with E-state index in [0.29, 0.717) is 0 Å². The number of rotatable bonds is 5. The first-order chi connectivity index (χ1) is 12.6. The topological polar surface area (TPSA) is 62.5 Å². The van der Waals surface area contributed by atoms with Gasteiger partial charge >= 0.3 is 0 Å². The van der Waals surface area contributed by atoms with Gasteiger partial charge in [-0.2, -0.15) is 5.10 Å². The molecule has 0 aliphatic heterocycles. The minimum absolute atomic E-state index is 0.143. The van der Waals surface area contributed by atoms with Crippen LogP contribution in [0.4, 0.5) is 5.69 Å². The smallest absolute Gasteiger partial charge is 0.274 e. The molecule has 3 aromatic rings. The van der Waals surface area contributed by atoms with Crippen molar-refractivity contribution >= 4 is 29.4 Å². The summed E-state index contributed by atoms with van der Waals surface area (Å²) in [7, 11) is 4.00. The molecule has 0 aliphatic carbocycles. The number of hydrogen-bond acceptors (Lipinski definition) is 4. The highest BCUT2D eigenvalue weighted by Crippen LogP contribution is 2.17. The second kappa shape index (κ2) is 7.84. The van der Waals surface area contributed by atoms with Gasteiger partial charge in [-0.3, -0.25) is 4.79 Å². The van der Waals surface area contributed by atoms with Gasteiger partial charge in [0.15, 0.2) is 0 Å². The number of nitrogens with zero attached hydrogens (tertiary/aromatic N) is 4. The molecule has 0 bridgehead atoms. The SMILES string of the molecule is CN(C)c1ccc(-n2cccc2C=NNC(=O)c2cccnc2Cl)cc1. The van der Waals surface area contributed by atoms with Crippen LogP contribution in [0.25, 0.3) is 5.69 Å². The van der Waals surface area contributed by atoms with E-state index in [1.54, 1.807) is 18.3 Å². The lowest BCUT2D eigenvalue weighted by Crippen LogP contribution is -2.18. The standard InChI is InChI=1S/C19H18ClN5O/c1-24(2)14-7-9-15(10-8-14)25-12-4-5-16(25)13-22-23-19(26)17-6-3-11-21-18(17)20/h3-13H,1-2H3,(H,23,26). The molecule has 6 nitrogen and oxygen atoms in total. The Morgan fingerprint density at radius 1 is 1.19 bits per heavy atom. The van der Waals surface area contributed by atoms with Crippen LogP contribution in [0.15, 0.2) is 66.0 Å². The molecule has 0 saturated heterocycles. The number of anilines is 1. The first-order valence-electron chi connectivity index (χ1n) is 7.95. The van der Waals surface area contributed by atoms with E-state index >= 15 is 0 Å². The van der Waals surface area contributed by atoms with Crippen molar-refractivity contribution in [3.05, 3.63) is 77.3 Å². The Balaban J connectivity index is 1.73. The largest absolute Gasteiger partial charge is 0.378 e. The van der Waals surface area contributed by atoms with Gasteiger partial charge in [-0.1, -0.05) is 11.6 Å². The van der Waals surface area contributed by atoms with Crippen LogP contribution in [0, 0.1) is 0 Å². The Morgan fingerprint density at radius 3 is 2.65 bits per heavy atom. The summed E-state index contributed by atoms with van der Waals surface area (Å²) in [5.41, 5.74) is 5.70. The number of aromatic nitrogens is 2. The highest BCUT2D eigenvalue weighted by Gasteiger charge is 2.09. The molecule has 1 amide bonds. The molecule has 7 heteroatoms. The van der Waals surface area contributed by atoms with Crippen molar-refractivity contribution in [2.75, 3.05) is 19.0 Å². The zero-order chi connectivity index (χ0) is 18.5. The minimum atomic E-state index is -0.409. The van der Waals surface area contributed by atoms with E-state index in [1.165, 1.54) is 6.20 Å². The number of hydrogen-bond donors (Lipinski definition) is 1. The van der Waals surface area contributed by atoms with Crippen molar-refractivity contribution in [1.82, 2.24) is 15.0 Å². The zero-order valence-corrected chi connectivity index (χ0v) is 15.2. The molecule has 26 heavy (non-hydrogen) atoms. The monoisotopic (exact) mass is 367 g/mol. The van der Waals surface area contributed by atoms with E-state index in [4.69, 9.17) is 11.6 Å². The van der Waals surface area contributed by atoms with Gasteiger partial charge in [0.2, 0.25) is 0 Å². The third-order valence-corrected chi connectivity index (χ3v) is 4.09. The van der Waals surface area contributed by atoms with Crippen LogP contribution in [0.1, 0.15) is 16.1 Å². The Kier molecular flexibility index (Phi) is 5.34. The summed E-state index contributed by atoms with van der Waals surface area (Å²) in [5, 5.41) is 4.17. The van der Waals surface area contributed by atoms with Crippen molar-refractivity contribution in [2.45, 2.75) is 0 Å². The van der Waals surface area contributed by atoms with Crippen LogP contribution in [-0.2, 0) is 0 Å². The number of carbonyl (C=O) groups is 1. The lowest BCUT2D eigenvalue weighted by molar-refractivity contribution is 0.0955. The quantitative estimate of drug-likeness (QED) is 0.427. The zero-order valence-electron chi connectivity index (χ0n) is 14.4. The van der Waals surface area contributed by atoms with Crippen molar-refractivity contribution in [2.24, 2.45) is 5.10 Å². The van der Waals surface area contributed by atoms with Crippen molar-refractivity contribution < 1.29 is 4.79 Å².